The van der Waals surface area contributed by atoms with Crippen LogP contribution in [0.3, 0.4) is 0 Å². The largest absolute Gasteiger partial charge is 0.369 e. The van der Waals surface area contributed by atoms with E-state index in [1.54, 1.807) is 12.1 Å². The zero-order valence-corrected chi connectivity index (χ0v) is 17.8. The van der Waals surface area contributed by atoms with E-state index in [2.05, 4.69) is 53.0 Å². The Labute approximate surface area is 171 Å². The first kappa shape index (κ1) is 21.2. The lowest BCUT2D eigenvalue weighted by atomic mass is 10.0. The van der Waals surface area contributed by atoms with Crippen LogP contribution in [-0.2, 0) is 5.54 Å². The molecule has 9 heteroatoms. The maximum absolute atomic E-state index is 10.9. The number of hydrogen-bond acceptors (Lipinski definition) is 7. The fraction of sp³-hybridized carbons (Fsp3) is 0.650. The molecule has 1 aliphatic rings. The molecule has 1 saturated heterocycles. The number of hydrogen-bond donors (Lipinski definition) is 0. The highest BCUT2D eigenvalue weighted by atomic mass is 16.6. The molecule has 0 aliphatic carbocycles. The molecule has 9 nitrogen and oxygen atoms in total. The van der Waals surface area contributed by atoms with Gasteiger partial charge in [-0.05, 0) is 49.8 Å². The number of nitro groups is 1. The molecule has 0 saturated carbocycles. The molecule has 0 radical (unpaired) electrons. The van der Waals surface area contributed by atoms with Crippen LogP contribution in [0, 0.1) is 10.1 Å². The van der Waals surface area contributed by atoms with Crippen LogP contribution in [0.5, 0.6) is 0 Å². The fourth-order valence-corrected chi connectivity index (χ4v) is 3.83. The predicted octanol–water partition coefficient (Wildman–Crippen LogP) is 3.39. The maximum atomic E-state index is 10.9. The first-order chi connectivity index (χ1) is 13.8. The summed E-state index contributed by atoms with van der Waals surface area (Å²) < 4.78 is 1.95. The van der Waals surface area contributed by atoms with Crippen LogP contribution in [0.1, 0.15) is 58.8 Å². The monoisotopic (exact) mass is 401 g/mol. The smallest absolute Gasteiger partial charge is 0.269 e. The Balaban J connectivity index is 1.72. The molecule has 0 N–H and O–H groups in total. The molecule has 2 aromatic rings. The van der Waals surface area contributed by atoms with Crippen molar-refractivity contribution >= 4 is 11.4 Å². The average Bonchev–Trinajstić information content (AvgIpc) is 3.19. The van der Waals surface area contributed by atoms with Gasteiger partial charge in [0.2, 0.25) is 0 Å². The van der Waals surface area contributed by atoms with Crippen LogP contribution in [0.4, 0.5) is 11.4 Å². The first-order valence-electron chi connectivity index (χ1n) is 10.3. The van der Waals surface area contributed by atoms with Crippen molar-refractivity contribution in [3.05, 3.63) is 40.2 Å². The summed E-state index contributed by atoms with van der Waals surface area (Å²) in [6, 6.07) is 7.01. The summed E-state index contributed by atoms with van der Waals surface area (Å²) in [4.78, 5) is 15.3. The molecule has 3 rings (SSSR count). The molecule has 1 atom stereocenters. The van der Waals surface area contributed by atoms with Crippen LogP contribution < -0.4 is 4.90 Å². The highest BCUT2D eigenvalue weighted by Crippen LogP contribution is 2.29. The van der Waals surface area contributed by atoms with Gasteiger partial charge in [-0.25, -0.2) is 4.68 Å². The second-order valence-corrected chi connectivity index (χ2v) is 8.57. The van der Waals surface area contributed by atoms with Crippen molar-refractivity contribution in [2.45, 2.75) is 58.5 Å². The van der Waals surface area contributed by atoms with E-state index in [9.17, 15) is 10.1 Å². The van der Waals surface area contributed by atoms with Crippen LogP contribution >= 0.6 is 0 Å². The lowest BCUT2D eigenvalue weighted by Gasteiger charge is -2.40. The second kappa shape index (κ2) is 8.86. The summed E-state index contributed by atoms with van der Waals surface area (Å²) in [6.45, 7) is 12.1. The Hall–Kier alpha value is -2.55. The predicted molar refractivity (Wildman–Crippen MR) is 112 cm³/mol. The summed E-state index contributed by atoms with van der Waals surface area (Å²) in [5.41, 5.74) is 0.991. The van der Waals surface area contributed by atoms with E-state index in [4.69, 9.17) is 0 Å². The van der Waals surface area contributed by atoms with Crippen molar-refractivity contribution in [2.75, 3.05) is 31.1 Å². The van der Waals surface area contributed by atoms with Crippen molar-refractivity contribution < 1.29 is 4.92 Å². The average molecular weight is 402 g/mol. The number of unbranched alkanes of at least 4 members (excludes halogenated alkanes) is 1. The first-order valence-corrected chi connectivity index (χ1v) is 10.3. The quantitative estimate of drug-likeness (QED) is 0.518. The zero-order valence-electron chi connectivity index (χ0n) is 17.8. The highest BCUT2D eigenvalue weighted by molar-refractivity contribution is 5.51. The zero-order chi connectivity index (χ0) is 21.0. The topological polar surface area (TPSA) is 93.2 Å². The minimum atomic E-state index is -0.362. The number of rotatable bonds is 7. The maximum Gasteiger partial charge on any atom is 0.269 e. The lowest BCUT2D eigenvalue weighted by molar-refractivity contribution is -0.384. The summed E-state index contributed by atoms with van der Waals surface area (Å²) in [5.74, 6) is 0.940. The fourth-order valence-electron chi connectivity index (χ4n) is 3.83. The Morgan fingerprint density at radius 1 is 1.14 bits per heavy atom. The molecule has 0 amide bonds. The Morgan fingerprint density at radius 3 is 2.34 bits per heavy atom. The van der Waals surface area contributed by atoms with Crippen molar-refractivity contribution in [3.63, 3.8) is 0 Å². The molecular formula is C20H31N7O2. The molecular weight excluding hydrogens is 370 g/mol. The number of piperazine rings is 1. The van der Waals surface area contributed by atoms with Crippen molar-refractivity contribution in [3.8, 4) is 0 Å². The number of non-ortho nitro benzene ring substituents is 1. The molecule has 1 aromatic heterocycles. The van der Waals surface area contributed by atoms with Crippen LogP contribution in [-0.4, -0.2) is 56.2 Å². The Kier molecular flexibility index (Phi) is 6.46. The Morgan fingerprint density at radius 2 is 1.79 bits per heavy atom. The molecule has 0 unspecified atom stereocenters. The number of nitro benzene ring substituents is 1. The van der Waals surface area contributed by atoms with Gasteiger partial charge in [-0.3, -0.25) is 15.0 Å². The van der Waals surface area contributed by atoms with Crippen molar-refractivity contribution in [1.82, 2.24) is 25.1 Å². The third-order valence-corrected chi connectivity index (χ3v) is 5.44. The number of anilines is 1. The van der Waals surface area contributed by atoms with Crippen LogP contribution in [0.2, 0.25) is 0 Å². The van der Waals surface area contributed by atoms with Gasteiger partial charge in [0.25, 0.3) is 5.69 Å². The van der Waals surface area contributed by atoms with Crippen molar-refractivity contribution in [2.24, 2.45) is 0 Å². The van der Waals surface area contributed by atoms with E-state index in [-0.39, 0.29) is 22.2 Å². The number of tetrazole rings is 1. The van der Waals surface area contributed by atoms with Gasteiger partial charge in [0.05, 0.1) is 16.5 Å². The minimum absolute atomic E-state index is 0.126. The SMILES string of the molecule is CCCC[C@@H](c1nnnn1C(C)(C)C)N1CCN(c2ccc([N+](=O)[O-])cc2)CC1. The van der Waals surface area contributed by atoms with E-state index >= 15 is 0 Å². The molecule has 1 fully saturated rings. The van der Waals surface area contributed by atoms with E-state index in [0.29, 0.717) is 0 Å². The van der Waals surface area contributed by atoms with E-state index in [0.717, 1.165) is 57.0 Å². The number of benzene rings is 1. The third kappa shape index (κ3) is 4.90. The molecule has 29 heavy (non-hydrogen) atoms. The molecule has 0 bridgehead atoms. The summed E-state index contributed by atoms with van der Waals surface area (Å²) in [5, 5.41) is 23.5. The van der Waals surface area contributed by atoms with Gasteiger partial charge in [0.1, 0.15) is 0 Å². The summed E-state index contributed by atoms with van der Waals surface area (Å²) in [7, 11) is 0. The minimum Gasteiger partial charge on any atom is -0.369 e. The van der Waals surface area contributed by atoms with E-state index in [1.165, 1.54) is 0 Å². The number of aromatic nitrogens is 4. The van der Waals surface area contributed by atoms with Crippen LogP contribution in [0.15, 0.2) is 24.3 Å². The lowest BCUT2D eigenvalue weighted by Crippen LogP contribution is -2.48. The second-order valence-electron chi connectivity index (χ2n) is 8.57. The molecule has 158 valence electrons. The molecule has 0 spiro atoms. The summed E-state index contributed by atoms with van der Waals surface area (Å²) in [6.07, 6.45) is 3.30. The van der Waals surface area contributed by atoms with Crippen molar-refractivity contribution in [1.29, 1.82) is 0 Å². The van der Waals surface area contributed by atoms with Gasteiger partial charge in [-0.15, -0.1) is 5.10 Å². The normalized spacial score (nSPS) is 16.8. The van der Waals surface area contributed by atoms with E-state index < -0.39 is 0 Å². The van der Waals surface area contributed by atoms with Gasteiger partial charge >= 0.3 is 0 Å². The van der Waals surface area contributed by atoms with Crippen LogP contribution in [0.25, 0.3) is 0 Å². The molecule has 1 aromatic carbocycles. The van der Waals surface area contributed by atoms with Gasteiger partial charge in [-0.2, -0.15) is 0 Å². The third-order valence-electron chi connectivity index (χ3n) is 5.44. The van der Waals surface area contributed by atoms with Gasteiger partial charge in [-0.1, -0.05) is 19.8 Å². The summed E-state index contributed by atoms with van der Waals surface area (Å²) >= 11 is 0. The van der Waals surface area contributed by atoms with Gasteiger partial charge < -0.3 is 4.90 Å². The molecule has 1 aliphatic heterocycles. The highest BCUT2D eigenvalue weighted by Gasteiger charge is 2.31. The van der Waals surface area contributed by atoms with Gasteiger partial charge in [0, 0.05) is 44.0 Å². The van der Waals surface area contributed by atoms with E-state index in [1.807, 2.05) is 16.8 Å². The standard InChI is InChI=1S/C20H31N7O2/c1-5-6-7-18(19-21-22-23-26(19)20(2,3)4)25-14-12-24(13-15-25)16-8-10-17(11-9-16)27(28)29/h8-11,18H,5-7,12-15H2,1-4H3/t18-/m0/s1. The molecule has 2 heterocycles. The van der Waals surface area contributed by atoms with Gasteiger partial charge in [0.15, 0.2) is 5.82 Å². The Bertz CT molecular complexity index is 805. The number of nitrogens with zero attached hydrogens (tertiary/aromatic N) is 7.